The molecule has 0 heterocycles. The van der Waals surface area contributed by atoms with Crippen molar-refractivity contribution < 1.29 is 9.53 Å². The van der Waals surface area contributed by atoms with Gasteiger partial charge in [0, 0.05) is 0 Å². The fourth-order valence-electron chi connectivity index (χ4n) is 3.12. The Hall–Kier alpha value is -0.830. The number of hydrogen-bond donors (Lipinski definition) is 0. The van der Waals surface area contributed by atoms with Crippen LogP contribution in [0.3, 0.4) is 0 Å². The van der Waals surface area contributed by atoms with Gasteiger partial charge in [-0.3, -0.25) is 4.79 Å². The molecule has 3 heteroatoms. The van der Waals surface area contributed by atoms with Crippen LogP contribution in [-0.4, -0.2) is 12.6 Å². The van der Waals surface area contributed by atoms with Crippen LogP contribution in [0.25, 0.3) is 0 Å². The maximum Gasteiger partial charge on any atom is 0.324 e. The summed E-state index contributed by atoms with van der Waals surface area (Å²) in [5.41, 5.74) is 4.12. The molecule has 0 aromatic heterocycles. The topological polar surface area (TPSA) is 26.3 Å². The summed E-state index contributed by atoms with van der Waals surface area (Å²) in [6.07, 6.45) is 2.37. The highest BCUT2D eigenvalue weighted by molar-refractivity contribution is 9.09. The molecule has 1 aromatic rings. The molecule has 0 spiro atoms. The van der Waals surface area contributed by atoms with Gasteiger partial charge in [-0.1, -0.05) is 61.8 Å². The lowest BCUT2D eigenvalue weighted by atomic mass is 9.63. The van der Waals surface area contributed by atoms with Gasteiger partial charge in [0.15, 0.2) is 0 Å². The molecule has 116 valence electrons. The number of ether oxygens (including phenoxy) is 1. The summed E-state index contributed by atoms with van der Waals surface area (Å²) in [6, 6.07) is 6.43. The Balaban J connectivity index is 2.44. The Labute approximate surface area is 136 Å². The molecule has 2 rings (SSSR count). The lowest BCUT2D eigenvalue weighted by Gasteiger charge is -2.42. The summed E-state index contributed by atoms with van der Waals surface area (Å²) in [4.78, 5) is 11.5. The van der Waals surface area contributed by atoms with Crippen molar-refractivity contribution in [3.05, 3.63) is 34.9 Å². The number of fused-ring (bicyclic) bond motifs is 1. The minimum Gasteiger partial charge on any atom is -0.465 e. The zero-order chi connectivity index (χ0) is 15.8. The van der Waals surface area contributed by atoms with Crippen LogP contribution in [0.4, 0.5) is 0 Å². The average molecular weight is 353 g/mol. The van der Waals surface area contributed by atoms with E-state index in [-0.39, 0.29) is 21.6 Å². The summed E-state index contributed by atoms with van der Waals surface area (Å²) in [5.74, 6) is -0.217. The Bertz CT molecular complexity index is 546. The molecule has 0 saturated carbocycles. The number of carbonyl (C=O) groups excluding carboxylic acids is 1. The van der Waals surface area contributed by atoms with Gasteiger partial charge in [0.25, 0.3) is 0 Å². The van der Waals surface area contributed by atoms with Crippen molar-refractivity contribution in [2.45, 2.75) is 63.1 Å². The molecule has 0 radical (unpaired) electrons. The third-order valence-corrected chi connectivity index (χ3v) is 5.57. The smallest absolute Gasteiger partial charge is 0.324 e. The molecule has 1 aromatic carbocycles. The van der Waals surface area contributed by atoms with E-state index in [9.17, 15) is 4.79 Å². The molecule has 21 heavy (non-hydrogen) atoms. The molecular weight excluding hydrogens is 328 g/mol. The van der Waals surface area contributed by atoms with Crippen LogP contribution in [0.5, 0.6) is 0 Å². The van der Waals surface area contributed by atoms with E-state index in [1.165, 1.54) is 24.0 Å². The molecule has 0 N–H and O–H groups in total. The maximum absolute atomic E-state index is 11.9. The Morgan fingerprint density at radius 2 is 1.76 bits per heavy atom. The van der Waals surface area contributed by atoms with E-state index in [2.05, 4.69) is 61.8 Å². The highest BCUT2D eigenvalue weighted by atomic mass is 79.9. The second-order valence-corrected chi connectivity index (χ2v) is 8.10. The summed E-state index contributed by atoms with van der Waals surface area (Å²) < 4.78 is 5.11. The zero-order valence-corrected chi connectivity index (χ0v) is 15.2. The van der Waals surface area contributed by atoms with Gasteiger partial charge in [0.1, 0.15) is 4.83 Å². The van der Waals surface area contributed by atoms with E-state index in [0.717, 1.165) is 5.56 Å². The highest BCUT2D eigenvalue weighted by Crippen LogP contribution is 2.46. The molecule has 0 unspecified atom stereocenters. The van der Waals surface area contributed by atoms with E-state index in [4.69, 9.17) is 4.74 Å². The van der Waals surface area contributed by atoms with Gasteiger partial charge < -0.3 is 4.74 Å². The summed E-state index contributed by atoms with van der Waals surface area (Å²) in [5, 5.41) is 0. The van der Waals surface area contributed by atoms with Crippen LogP contribution in [-0.2, 0) is 20.4 Å². The number of hydrogen-bond acceptors (Lipinski definition) is 2. The van der Waals surface area contributed by atoms with Crippen LogP contribution in [0.2, 0.25) is 0 Å². The zero-order valence-electron chi connectivity index (χ0n) is 13.6. The number of alkyl halides is 1. The van der Waals surface area contributed by atoms with Crippen molar-refractivity contribution in [2.75, 3.05) is 6.61 Å². The number of benzene rings is 1. The van der Waals surface area contributed by atoms with E-state index < -0.39 is 0 Å². The van der Waals surface area contributed by atoms with Crippen LogP contribution < -0.4 is 0 Å². The van der Waals surface area contributed by atoms with Crippen LogP contribution in [0.1, 0.15) is 69.0 Å². The third kappa shape index (κ3) is 3.18. The molecule has 1 atom stereocenters. The number of esters is 1. The van der Waals surface area contributed by atoms with Crippen molar-refractivity contribution in [1.82, 2.24) is 0 Å². The van der Waals surface area contributed by atoms with Gasteiger partial charge in [-0.2, -0.15) is 0 Å². The van der Waals surface area contributed by atoms with Gasteiger partial charge in [-0.15, -0.1) is 0 Å². The lowest BCUT2D eigenvalue weighted by Crippen LogP contribution is -2.34. The van der Waals surface area contributed by atoms with Crippen molar-refractivity contribution in [2.24, 2.45) is 0 Å². The first-order valence-corrected chi connectivity index (χ1v) is 8.56. The molecular formula is C18H25BrO2. The van der Waals surface area contributed by atoms with Crippen LogP contribution in [0.15, 0.2) is 18.2 Å². The molecule has 0 bridgehead atoms. The van der Waals surface area contributed by atoms with Gasteiger partial charge in [-0.25, -0.2) is 0 Å². The minimum atomic E-state index is -0.386. The van der Waals surface area contributed by atoms with E-state index in [1.54, 1.807) is 0 Å². The first-order chi connectivity index (χ1) is 9.69. The fourth-order valence-corrected chi connectivity index (χ4v) is 3.53. The molecule has 1 aliphatic rings. The highest BCUT2D eigenvalue weighted by Gasteiger charge is 2.37. The Morgan fingerprint density at radius 1 is 1.19 bits per heavy atom. The summed E-state index contributed by atoms with van der Waals surface area (Å²) >= 11 is 3.47. The first kappa shape index (κ1) is 16.5. The second kappa shape index (κ2) is 5.75. The normalized spacial score (nSPS) is 20.5. The van der Waals surface area contributed by atoms with E-state index >= 15 is 0 Å². The standard InChI is InChI=1S/C18H25BrO2/c1-6-21-16(20)15(19)12-7-8-13-14(11-12)18(4,5)10-9-17(13,2)3/h7-8,11,15H,6,9-10H2,1-5H3/t15-/m1/s1. The number of rotatable bonds is 3. The van der Waals surface area contributed by atoms with Gasteiger partial charge in [0.05, 0.1) is 6.61 Å². The molecule has 0 saturated heterocycles. The molecule has 0 fully saturated rings. The van der Waals surface area contributed by atoms with Gasteiger partial charge >= 0.3 is 5.97 Å². The molecule has 2 nitrogen and oxygen atoms in total. The first-order valence-electron chi connectivity index (χ1n) is 7.64. The SMILES string of the molecule is CCOC(=O)[C@H](Br)c1ccc2c(c1)C(C)(C)CCC2(C)C. The predicted molar refractivity (Wildman–Crippen MR) is 90.0 cm³/mol. The number of halogens is 1. The van der Waals surface area contributed by atoms with E-state index in [0.29, 0.717) is 6.61 Å². The van der Waals surface area contributed by atoms with Crippen molar-refractivity contribution in [1.29, 1.82) is 0 Å². The third-order valence-electron chi connectivity index (χ3n) is 4.66. The minimum absolute atomic E-state index is 0.155. The van der Waals surface area contributed by atoms with Crippen molar-refractivity contribution in [3.8, 4) is 0 Å². The summed E-state index contributed by atoms with van der Waals surface area (Å²) in [7, 11) is 0. The Morgan fingerprint density at radius 3 is 2.33 bits per heavy atom. The summed E-state index contributed by atoms with van der Waals surface area (Å²) in [6.45, 7) is 11.4. The predicted octanol–water partition coefficient (Wildman–Crippen LogP) is 5.03. The molecule has 0 aliphatic heterocycles. The van der Waals surface area contributed by atoms with Crippen LogP contribution in [0, 0.1) is 0 Å². The van der Waals surface area contributed by atoms with Gasteiger partial charge in [0.2, 0.25) is 0 Å². The largest absolute Gasteiger partial charge is 0.465 e. The quantitative estimate of drug-likeness (QED) is 0.562. The van der Waals surface area contributed by atoms with Crippen molar-refractivity contribution in [3.63, 3.8) is 0 Å². The Kier molecular flexibility index (Phi) is 4.53. The second-order valence-electron chi connectivity index (χ2n) is 7.19. The molecule has 1 aliphatic carbocycles. The molecule has 0 amide bonds. The van der Waals surface area contributed by atoms with Crippen molar-refractivity contribution >= 4 is 21.9 Å². The monoisotopic (exact) mass is 352 g/mol. The number of carbonyl (C=O) groups is 1. The fraction of sp³-hybridized carbons (Fsp3) is 0.611. The van der Waals surface area contributed by atoms with E-state index in [1.807, 2.05) is 6.92 Å². The van der Waals surface area contributed by atoms with Gasteiger partial charge in [-0.05, 0) is 47.3 Å². The lowest BCUT2D eigenvalue weighted by molar-refractivity contribution is -0.142. The maximum atomic E-state index is 11.9. The average Bonchev–Trinajstić information content (AvgIpc) is 2.43. The van der Waals surface area contributed by atoms with Crippen LogP contribution >= 0.6 is 15.9 Å².